The zero-order chi connectivity index (χ0) is 28.5. The quantitative estimate of drug-likeness (QED) is 0.153. The van der Waals surface area contributed by atoms with Gasteiger partial charge in [-0.3, -0.25) is 0 Å². The molecular weight excluding hydrogens is 544 g/mol. The molecule has 210 valence electrons. The summed E-state index contributed by atoms with van der Waals surface area (Å²) < 4.78 is 0. The van der Waals surface area contributed by atoms with Gasteiger partial charge in [0.15, 0.2) is 0 Å². The minimum absolute atomic E-state index is 0.0722. The molecule has 12 heteroatoms. The molecule has 0 atom stereocenters. The maximum Gasteiger partial charge on any atom is 0.230 e. The molecule has 0 unspecified atom stereocenters. The Morgan fingerprint density at radius 3 is 1.48 bits per heavy atom. The van der Waals surface area contributed by atoms with Gasteiger partial charge in [0.05, 0.1) is 9.75 Å². The Bertz CT molecular complexity index is 1360. The Morgan fingerprint density at radius 2 is 1.10 bits per heavy atom. The third kappa shape index (κ3) is 7.60. The summed E-state index contributed by atoms with van der Waals surface area (Å²) in [5, 5.41) is 38.5. The average Bonchev–Trinajstić information content (AvgIpc) is 3.63. The summed E-state index contributed by atoms with van der Waals surface area (Å²) in [7, 11) is 4.01. The van der Waals surface area contributed by atoms with Crippen molar-refractivity contribution >= 4 is 55.7 Å². The molecule has 0 spiro atoms. The highest BCUT2D eigenvalue weighted by atomic mass is 32.1. The van der Waals surface area contributed by atoms with E-state index in [0.29, 0.717) is 21.6 Å². The first-order chi connectivity index (χ1) is 19.4. The number of aromatic hydroxyl groups is 2. The Morgan fingerprint density at radius 1 is 0.675 bits per heavy atom. The van der Waals surface area contributed by atoms with E-state index in [1.54, 1.807) is 36.7 Å². The first kappa shape index (κ1) is 29.1. The fourth-order valence-electron chi connectivity index (χ4n) is 3.76. The van der Waals surface area contributed by atoms with Gasteiger partial charge in [-0.1, -0.05) is 49.4 Å². The maximum atomic E-state index is 10.4. The molecular formula is C28H34N8O2S2. The van der Waals surface area contributed by atoms with Gasteiger partial charge in [-0.15, -0.1) is 20.5 Å². The van der Waals surface area contributed by atoms with Gasteiger partial charge in [0.1, 0.15) is 22.9 Å². The zero-order valence-corrected chi connectivity index (χ0v) is 24.8. The van der Waals surface area contributed by atoms with Crippen molar-refractivity contribution < 1.29 is 10.2 Å². The van der Waals surface area contributed by atoms with E-state index in [9.17, 15) is 10.2 Å². The Hall–Kier alpha value is -3.90. The van der Waals surface area contributed by atoms with Gasteiger partial charge in [0.2, 0.25) is 10.3 Å². The molecule has 4 rings (SSSR count). The van der Waals surface area contributed by atoms with Crippen LogP contribution in [-0.2, 0) is 0 Å². The normalized spacial score (nSPS) is 11.6. The number of hydrogen-bond donors (Lipinski definition) is 2. The van der Waals surface area contributed by atoms with Gasteiger partial charge in [-0.2, -0.15) is 0 Å². The van der Waals surface area contributed by atoms with Crippen molar-refractivity contribution in [3.8, 4) is 21.3 Å². The predicted molar refractivity (Wildman–Crippen MR) is 164 cm³/mol. The van der Waals surface area contributed by atoms with Crippen LogP contribution in [-0.4, -0.2) is 47.4 Å². The lowest BCUT2D eigenvalue weighted by Crippen LogP contribution is -2.17. The molecule has 2 aromatic heterocycles. The molecule has 0 saturated carbocycles. The molecule has 2 N–H and O–H groups in total. The first-order valence-electron chi connectivity index (χ1n) is 13.2. The number of hydrogen-bond acceptors (Lipinski definition) is 12. The zero-order valence-electron chi connectivity index (χ0n) is 23.2. The van der Waals surface area contributed by atoms with E-state index in [1.807, 2.05) is 26.2 Å². The molecule has 0 bridgehead atoms. The lowest BCUT2D eigenvalue weighted by molar-refractivity contribution is 0.476. The number of anilines is 2. The van der Waals surface area contributed by atoms with E-state index in [4.69, 9.17) is 0 Å². The van der Waals surface area contributed by atoms with E-state index in [-0.39, 0.29) is 11.5 Å². The highest BCUT2D eigenvalue weighted by Gasteiger charge is 2.11. The lowest BCUT2D eigenvalue weighted by atomic mass is 10.2. The summed E-state index contributed by atoms with van der Waals surface area (Å²) in [4.78, 5) is 14.6. The van der Waals surface area contributed by atoms with E-state index in [1.165, 1.54) is 22.7 Å². The third-order valence-electron chi connectivity index (χ3n) is 6.21. The molecule has 0 fully saturated rings. The number of phenols is 2. The Labute approximate surface area is 242 Å². The topological polar surface area (TPSA) is 122 Å². The summed E-state index contributed by atoms with van der Waals surface area (Å²) in [6, 6.07) is 10.7. The number of benzene rings is 2. The number of phenolic OH excluding ortho intramolecular Hbond substituents is 2. The highest BCUT2D eigenvalue weighted by Crippen LogP contribution is 2.39. The fourth-order valence-corrected chi connectivity index (χ4v) is 5.29. The molecule has 4 aromatic rings. The Balaban J connectivity index is 1.39. The number of nitrogens with zero attached hydrogens (tertiary/aromatic N) is 8. The van der Waals surface area contributed by atoms with Crippen LogP contribution in [0.15, 0.2) is 69.2 Å². The summed E-state index contributed by atoms with van der Waals surface area (Å²) >= 11 is 2.72. The van der Waals surface area contributed by atoms with Crippen LogP contribution < -0.4 is 9.80 Å². The van der Waals surface area contributed by atoms with Gasteiger partial charge < -0.3 is 20.0 Å². The summed E-state index contributed by atoms with van der Waals surface area (Å²) in [5.41, 5.74) is 2.63. The number of azo groups is 2. The van der Waals surface area contributed by atoms with Crippen molar-refractivity contribution in [1.29, 1.82) is 0 Å². The van der Waals surface area contributed by atoms with Crippen LogP contribution in [0.5, 0.6) is 11.5 Å². The monoisotopic (exact) mass is 578 g/mol. The fraction of sp³-hybridized carbons (Fsp3) is 0.357. The van der Waals surface area contributed by atoms with E-state index in [2.05, 4.69) is 54.1 Å². The lowest BCUT2D eigenvalue weighted by Gasteiger charge is -2.19. The molecule has 0 aliphatic heterocycles. The maximum absolute atomic E-state index is 10.4. The molecule has 0 amide bonds. The molecule has 0 aliphatic carbocycles. The van der Waals surface area contributed by atoms with Crippen molar-refractivity contribution in [2.24, 2.45) is 20.5 Å². The molecule has 10 nitrogen and oxygen atoms in total. The molecule has 2 aromatic carbocycles. The number of aromatic nitrogens is 2. The predicted octanol–water partition coefficient (Wildman–Crippen LogP) is 8.98. The van der Waals surface area contributed by atoms with Crippen LogP contribution in [0.2, 0.25) is 0 Å². The summed E-state index contributed by atoms with van der Waals surface area (Å²) in [6.07, 6.45) is 7.81. The molecule has 0 aliphatic rings. The third-order valence-corrected chi connectivity index (χ3v) is 8.17. The first-order valence-corrected chi connectivity index (χ1v) is 14.8. The van der Waals surface area contributed by atoms with E-state index < -0.39 is 0 Å². The van der Waals surface area contributed by atoms with Gasteiger partial charge in [-0.05, 0) is 37.1 Å². The van der Waals surface area contributed by atoms with Crippen molar-refractivity contribution in [2.75, 3.05) is 37.0 Å². The van der Waals surface area contributed by atoms with Crippen LogP contribution in [0.3, 0.4) is 0 Å². The molecule has 40 heavy (non-hydrogen) atoms. The molecule has 0 saturated heterocycles. The molecule has 2 heterocycles. The van der Waals surface area contributed by atoms with Crippen LogP contribution in [0.1, 0.15) is 39.5 Å². The van der Waals surface area contributed by atoms with E-state index >= 15 is 0 Å². The number of thiazole rings is 2. The minimum atomic E-state index is 0.0722. The SMILES string of the molecule is CCCCN(C)c1ccc(/N=N/c2ncc(-c3cnc(/N=N/c4ccc(N(C)CCCC)cc4O)s3)s2)c(O)c1. The van der Waals surface area contributed by atoms with Gasteiger partial charge in [0.25, 0.3) is 0 Å². The number of unbranched alkanes of at least 4 members (excludes halogenated alkanes) is 2. The number of rotatable bonds is 13. The second-order valence-corrected chi connectivity index (χ2v) is 11.3. The van der Waals surface area contributed by atoms with Crippen LogP contribution in [0, 0.1) is 0 Å². The molecule has 0 radical (unpaired) electrons. The highest BCUT2D eigenvalue weighted by molar-refractivity contribution is 7.25. The van der Waals surface area contributed by atoms with Crippen molar-refractivity contribution in [1.82, 2.24) is 9.97 Å². The van der Waals surface area contributed by atoms with Crippen LogP contribution in [0.25, 0.3) is 9.75 Å². The largest absolute Gasteiger partial charge is 0.506 e. The van der Waals surface area contributed by atoms with Crippen molar-refractivity contribution in [3.05, 3.63) is 48.8 Å². The van der Waals surface area contributed by atoms with Crippen molar-refractivity contribution in [3.63, 3.8) is 0 Å². The second kappa shape index (κ2) is 13.9. The minimum Gasteiger partial charge on any atom is -0.506 e. The average molecular weight is 579 g/mol. The summed E-state index contributed by atoms with van der Waals surface area (Å²) in [6.45, 7) is 6.15. The van der Waals surface area contributed by atoms with E-state index in [0.717, 1.165) is 59.9 Å². The van der Waals surface area contributed by atoms with Crippen LogP contribution in [0.4, 0.5) is 33.0 Å². The Kier molecular flexibility index (Phi) is 10.1. The van der Waals surface area contributed by atoms with Gasteiger partial charge >= 0.3 is 0 Å². The van der Waals surface area contributed by atoms with Crippen LogP contribution >= 0.6 is 22.7 Å². The summed E-state index contributed by atoms with van der Waals surface area (Å²) in [5.74, 6) is 0.144. The smallest absolute Gasteiger partial charge is 0.230 e. The van der Waals surface area contributed by atoms with Crippen molar-refractivity contribution in [2.45, 2.75) is 39.5 Å². The second-order valence-electron chi connectivity index (χ2n) is 9.31. The van der Waals surface area contributed by atoms with Gasteiger partial charge in [0, 0.05) is 63.1 Å². The standard InChI is InChI=1S/C28H34N8O2S2/c1-5-7-13-35(3)19-9-11-21(23(37)15-19)31-33-27-29-17-25(39-27)26-18-30-28(40-26)34-32-22-12-10-20(16-24(22)38)36(4)14-8-6-2/h9-12,15-18,37-38H,5-8,13-14H2,1-4H3/b33-31+,34-32+. The van der Waals surface area contributed by atoms with Gasteiger partial charge in [-0.25, -0.2) is 9.97 Å².